The Morgan fingerprint density at radius 2 is 1.83 bits per heavy atom. The molecule has 0 spiro atoms. The molecule has 7 nitrogen and oxygen atoms in total. The van der Waals surface area contributed by atoms with E-state index in [-0.39, 0.29) is 17.9 Å². The molecule has 0 heterocycles. The molecule has 0 aliphatic rings. The zero-order valence-corrected chi connectivity index (χ0v) is 12.8. The summed E-state index contributed by atoms with van der Waals surface area (Å²) in [7, 11) is 0. The second kappa shape index (κ2) is 8.56. The second-order valence-corrected chi connectivity index (χ2v) is 4.96. The average molecular weight is 327 g/mol. The molecule has 0 aliphatic carbocycles. The molecule has 1 unspecified atom stereocenters. The minimum Gasteiger partial charge on any atom is -0.394 e. The van der Waals surface area contributed by atoms with Gasteiger partial charge in [-0.3, -0.25) is 20.3 Å². The van der Waals surface area contributed by atoms with Crippen molar-refractivity contribution in [3.63, 3.8) is 0 Å². The topological polar surface area (TPSA) is 104 Å². The molecule has 7 heteroatoms. The first-order chi connectivity index (χ1) is 11.6. The number of hydrazine groups is 1. The van der Waals surface area contributed by atoms with Crippen LogP contribution in [0.2, 0.25) is 0 Å². The molecule has 24 heavy (non-hydrogen) atoms. The van der Waals surface area contributed by atoms with Crippen LogP contribution in [0, 0.1) is 10.1 Å². The minimum atomic E-state index is -0.532. The van der Waals surface area contributed by atoms with Crippen molar-refractivity contribution in [2.24, 2.45) is 0 Å². The highest BCUT2D eigenvalue weighted by Crippen LogP contribution is 2.11. The van der Waals surface area contributed by atoms with E-state index < -0.39 is 16.9 Å². The number of amides is 1. The van der Waals surface area contributed by atoms with Gasteiger partial charge in [0.2, 0.25) is 0 Å². The van der Waals surface area contributed by atoms with Crippen molar-refractivity contribution in [1.82, 2.24) is 10.9 Å². The van der Waals surface area contributed by atoms with Crippen molar-refractivity contribution in [3.05, 3.63) is 81.9 Å². The highest BCUT2D eigenvalue weighted by Gasteiger charge is 2.10. The Labute approximate surface area is 138 Å². The van der Waals surface area contributed by atoms with E-state index in [0.29, 0.717) is 0 Å². The Morgan fingerprint density at radius 1 is 1.17 bits per heavy atom. The lowest BCUT2D eigenvalue weighted by Gasteiger charge is -2.13. The normalized spacial score (nSPS) is 12.0. The van der Waals surface area contributed by atoms with Crippen LogP contribution in [-0.2, 0) is 0 Å². The molecular formula is C17H17N3O4. The number of hydrogen-bond acceptors (Lipinski definition) is 5. The van der Waals surface area contributed by atoms with Gasteiger partial charge in [-0.1, -0.05) is 42.5 Å². The molecule has 0 fully saturated rings. The Balaban J connectivity index is 1.91. The predicted molar refractivity (Wildman–Crippen MR) is 90.0 cm³/mol. The van der Waals surface area contributed by atoms with Crippen molar-refractivity contribution in [3.8, 4) is 0 Å². The summed E-state index contributed by atoms with van der Waals surface area (Å²) in [5.41, 5.74) is 6.33. The monoisotopic (exact) mass is 327 g/mol. The summed E-state index contributed by atoms with van der Waals surface area (Å²) in [5.74, 6) is -0.448. The van der Waals surface area contributed by atoms with Crippen LogP contribution in [0.4, 0.5) is 5.69 Å². The van der Waals surface area contributed by atoms with Crippen LogP contribution in [0.15, 0.2) is 60.7 Å². The highest BCUT2D eigenvalue weighted by molar-refractivity contribution is 5.94. The number of carbonyl (C=O) groups is 1. The van der Waals surface area contributed by atoms with Gasteiger partial charge in [-0.05, 0) is 17.7 Å². The van der Waals surface area contributed by atoms with E-state index >= 15 is 0 Å². The van der Waals surface area contributed by atoms with Crippen molar-refractivity contribution in [2.75, 3.05) is 6.61 Å². The van der Waals surface area contributed by atoms with Crippen LogP contribution in [0.5, 0.6) is 0 Å². The van der Waals surface area contributed by atoms with E-state index in [2.05, 4.69) is 10.9 Å². The molecule has 1 atom stereocenters. The molecule has 0 bridgehead atoms. The number of aliphatic hydroxyl groups is 1. The first-order valence-corrected chi connectivity index (χ1v) is 7.24. The molecule has 0 saturated carbocycles. The van der Waals surface area contributed by atoms with Crippen LogP contribution in [0.25, 0.3) is 6.08 Å². The maximum absolute atomic E-state index is 12.0. The molecule has 1 amide bonds. The number of nitro benzene ring substituents is 1. The first-order valence-electron chi connectivity index (χ1n) is 7.24. The van der Waals surface area contributed by atoms with Crippen molar-refractivity contribution < 1.29 is 14.8 Å². The summed E-state index contributed by atoms with van der Waals surface area (Å²) in [4.78, 5) is 22.0. The third-order valence-corrected chi connectivity index (χ3v) is 3.23. The highest BCUT2D eigenvalue weighted by atomic mass is 16.6. The largest absolute Gasteiger partial charge is 0.394 e. The molecule has 3 N–H and O–H groups in total. The Hall–Kier alpha value is -3.03. The lowest BCUT2D eigenvalue weighted by Crippen LogP contribution is -2.45. The van der Waals surface area contributed by atoms with E-state index in [1.54, 1.807) is 6.08 Å². The first kappa shape index (κ1) is 17.3. The lowest BCUT2D eigenvalue weighted by molar-refractivity contribution is -0.384. The maximum atomic E-state index is 12.0. The zero-order valence-electron chi connectivity index (χ0n) is 12.8. The summed E-state index contributed by atoms with van der Waals surface area (Å²) in [6, 6.07) is 14.3. The molecular weight excluding hydrogens is 310 g/mol. The number of aliphatic hydroxyl groups excluding tert-OH is 1. The Kier molecular flexibility index (Phi) is 6.18. The van der Waals surface area contributed by atoms with Gasteiger partial charge in [0.15, 0.2) is 0 Å². The molecule has 0 radical (unpaired) electrons. The SMILES string of the molecule is O=C(NNC(/C=C/c1ccccc1)CO)c1ccc([N+](=O)[O-])cc1. The Morgan fingerprint density at radius 3 is 2.42 bits per heavy atom. The van der Waals surface area contributed by atoms with E-state index in [9.17, 15) is 20.0 Å². The smallest absolute Gasteiger partial charge is 0.269 e. The number of nitrogens with one attached hydrogen (secondary N) is 2. The molecule has 2 aromatic rings. The van der Waals surface area contributed by atoms with Gasteiger partial charge in [-0.15, -0.1) is 0 Å². The van der Waals surface area contributed by atoms with Crippen molar-refractivity contribution >= 4 is 17.7 Å². The summed E-state index contributed by atoms with van der Waals surface area (Å²) < 4.78 is 0. The number of hydrogen-bond donors (Lipinski definition) is 3. The number of benzene rings is 2. The molecule has 0 saturated heterocycles. The minimum absolute atomic E-state index is 0.0847. The van der Waals surface area contributed by atoms with Gasteiger partial charge in [-0.2, -0.15) is 0 Å². The van der Waals surface area contributed by atoms with Gasteiger partial charge in [0, 0.05) is 17.7 Å². The molecule has 0 aliphatic heterocycles. The third-order valence-electron chi connectivity index (χ3n) is 3.23. The van der Waals surface area contributed by atoms with Gasteiger partial charge in [0.1, 0.15) is 0 Å². The maximum Gasteiger partial charge on any atom is 0.269 e. The van der Waals surface area contributed by atoms with Crippen LogP contribution < -0.4 is 10.9 Å². The summed E-state index contributed by atoms with van der Waals surface area (Å²) in [5, 5.41) is 19.9. The van der Waals surface area contributed by atoms with Gasteiger partial charge in [0.05, 0.1) is 17.6 Å². The standard InChI is InChI=1S/C17H17N3O4/c21-12-15(9-6-13-4-2-1-3-5-13)18-19-17(22)14-7-10-16(11-8-14)20(23)24/h1-11,15,18,21H,12H2,(H,19,22)/b9-6+. The fourth-order valence-corrected chi connectivity index (χ4v) is 1.91. The average Bonchev–Trinajstić information content (AvgIpc) is 2.62. The summed E-state index contributed by atoms with van der Waals surface area (Å²) >= 11 is 0. The number of carbonyl (C=O) groups excluding carboxylic acids is 1. The van der Waals surface area contributed by atoms with E-state index in [1.807, 2.05) is 36.4 Å². The summed E-state index contributed by atoms with van der Waals surface area (Å²) in [6.45, 7) is -0.204. The lowest BCUT2D eigenvalue weighted by atomic mass is 10.2. The fourth-order valence-electron chi connectivity index (χ4n) is 1.91. The molecule has 2 aromatic carbocycles. The molecule has 0 aromatic heterocycles. The van der Waals surface area contributed by atoms with Gasteiger partial charge in [0.25, 0.3) is 11.6 Å². The zero-order chi connectivity index (χ0) is 17.4. The van der Waals surface area contributed by atoms with E-state index in [0.717, 1.165) is 5.56 Å². The van der Waals surface area contributed by atoms with Crippen LogP contribution in [-0.4, -0.2) is 28.6 Å². The predicted octanol–water partition coefficient (Wildman–Crippen LogP) is 1.90. The molecule has 124 valence electrons. The number of nitrogens with zero attached hydrogens (tertiary/aromatic N) is 1. The van der Waals surface area contributed by atoms with Crippen LogP contribution in [0.3, 0.4) is 0 Å². The molecule has 2 rings (SSSR count). The van der Waals surface area contributed by atoms with Gasteiger partial charge >= 0.3 is 0 Å². The number of nitro groups is 1. The van der Waals surface area contributed by atoms with Crippen LogP contribution in [0.1, 0.15) is 15.9 Å². The van der Waals surface area contributed by atoms with E-state index in [1.165, 1.54) is 24.3 Å². The van der Waals surface area contributed by atoms with Crippen molar-refractivity contribution in [1.29, 1.82) is 0 Å². The van der Waals surface area contributed by atoms with Crippen LogP contribution >= 0.6 is 0 Å². The number of non-ortho nitro benzene ring substituents is 1. The fraction of sp³-hybridized carbons (Fsp3) is 0.118. The summed E-state index contributed by atoms with van der Waals surface area (Å²) in [6.07, 6.45) is 3.55. The van der Waals surface area contributed by atoms with Gasteiger partial charge < -0.3 is 5.11 Å². The van der Waals surface area contributed by atoms with E-state index in [4.69, 9.17) is 0 Å². The Bertz CT molecular complexity index is 714. The second-order valence-electron chi connectivity index (χ2n) is 4.96. The quantitative estimate of drug-likeness (QED) is 0.532. The van der Waals surface area contributed by atoms with Crippen molar-refractivity contribution in [2.45, 2.75) is 6.04 Å². The number of rotatable bonds is 7. The van der Waals surface area contributed by atoms with Gasteiger partial charge in [-0.25, -0.2) is 5.43 Å². The third kappa shape index (κ3) is 5.01.